The molecule has 0 unspecified atom stereocenters. The molecule has 33 heavy (non-hydrogen) atoms. The Hall–Kier alpha value is -3.83. The van der Waals surface area contributed by atoms with Gasteiger partial charge < -0.3 is 9.84 Å². The summed E-state index contributed by atoms with van der Waals surface area (Å²) < 4.78 is 4.94. The van der Waals surface area contributed by atoms with Gasteiger partial charge in [-0.1, -0.05) is 48.0 Å². The highest BCUT2D eigenvalue weighted by molar-refractivity contribution is 9.10. The standard InChI is InChI=1S/C21H13BrClN3O7/c22-17-13(10-15(25(29)30)18(23)19(17)26(31)32)20(27)16(14-8-4-5-9-24-14)21(28)33-11-12-6-2-1-3-7-12/h1-10,27H,11H2/b20-16+. The molecule has 3 aromatic rings. The van der Waals surface area contributed by atoms with Crippen LogP contribution in [0.1, 0.15) is 16.8 Å². The van der Waals surface area contributed by atoms with E-state index >= 15 is 0 Å². The van der Waals surface area contributed by atoms with Crippen LogP contribution in [0, 0.1) is 20.2 Å². The summed E-state index contributed by atoms with van der Waals surface area (Å²) in [4.78, 5) is 38.0. The van der Waals surface area contributed by atoms with Gasteiger partial charge >= 0.3 is 11.7 Å². The Labute approximate surface area is 199 Å². The molecule has 0 saturated carbocycles. The number of carbonyl (C=O) groups excluding carboxylic acids is 1. The van der Waals surface area contributed by atoms with Crippen LogP contribution in [0.4, 0.5) is 11.4 Å². The Morgan fingerprint density at radius 2 is 1.76 bits per heavy atom. The first kappa shape index (κ1) is 23.8. The highest BCUT2D eigenvalue weighted by atomic mass is 79.9. The van der Waals surface area contributed by atoms with Gasteiger partial charge in [-0.05, 0) is 33.6 Å². The summed E-state index contributed by atoms with van der Waals surface area (Å²) in [6.07, 6.45) is 1.36. The average molecular weight is 535 g/mol. The second kappa shape index (κ2) is 10.2. The van der Waals surface area contributed by atoms with Crippen molar-refractivity contribution in [1.82, 2.24) is 4.98 Å². The quantitative estimate of drug-likeness (QED) is 0.138. The molecule has 0 atom stereocenters. The van der Waals surface area contributed by atoms with E-state index in [0.29, 0.717) is 5.56 Å². The number of hydrogen-bond donors (Lipinski definition) is 1. The van der Waals surface area contributed by atoms with E-state index in [1.807, 2.05) is 0 Å². The molecule has 0 aliphatic heterocycles. The Morgan fingerprint density at radius 1 is 1.09 bits per heavy atom. The van der Waals surface area contributed by atoms with Crippen LogP contribution in [0.5, 0.6) is 0 Å². The lowest BCUT2D eigenvalue weighted by Crippen LogP contribution is -2.11. The van der Waals surface area contributed by atoms with Gasteiger partial charge in [-0.2, -0.15) is 0 Å². The topological polar surface area (TPSA) is 146 Å². The number of carbonyl (C=O) groups is 1. The van der Waals surface area contributed by atoms with Crippen molar-refractivity contribution in [1.29, 1.82) is 0 Å². The maximum atomic E-state index is 13.0. The van der Waals surface area contributed by atoms with Crippen LogP contribution in [0.25, 0.3) is 11.3 Å². The molecule has 168 valence electrons. The molecule has 1 heterocycles. The van der Waals surface area contributed by atoms with Crippen molar-refractivity contribution in [3.8, 4) is 0 Å². The number of esters is 1. The second-order valence-corrected chi connectivity index (χ2v) is 7.61. The summed E-state index contributed by atoms with van der Waals surface area (Å²) in [5, 5.41) is 33.2. The maximum absolute atomic E-state index is 13.0. The van der Waals surface area contributed by atoms with Crippen LogP contribution in [0.3, 0.4) is 0 Å². The largest absolute Gasteiger partial charge is 0.506 e. The van der Waals surface area contributed by atoms with Gasteiger partial charge in [-0.3, -0.25) is 25.2 Å². The molecule has 0 fully saturated rings. The number of aliphatic hydroxyl groups is 1. The van der Waals surface area contributed by atoms with Gasteiger partial charge in [0, 0.05) is 17.8 Å². The van der Waals surface area contributed by atoms with Crippen LogP contribution in [-0.2, 0) is 16.1 Å². The third-order valence-corrected chi connectivity index (χ3v) is 5.54. The summed E-state index contributed by atoms with van der Waals surface area (Å²) in [5.74, 6) is -1.82. The predicted octanol–water partition coefficient (Wildman–Crippen LogP) is 5.48. The number of nitrogens with zero attached hydrogens (tertiary/aromatic N) is 3. The molecule has 0 bridgehead atoms. The summed E-state index contributed by atoms with van der Waals surface area (Å²) in [5.41, 5.74) is -1.87. The molecule has 2 aromatic carbocycles. The first-order valence-electron chi connectivity index (χ1n) is 9.09. The van der Waals surface area contributed by atoms with E-state index in [1.54, 1.807) is 42.5 Å². The van der Waals surface area contributed by atoms with Gasteiger partial charge in [0.2, 0.25) is 0 Å². The summed E-state index contributed by atoms with van der Waals surface area (Å²) >= 11 is 8.81. The number of hydrogen-bond acceptors (Lipinski definition) is 8. The summed E-state index contributed by atoms with van der Waals surface area (Å²) in [6, 6.07) is 14.1. The number of halogens is 2. The van der Waals surface area contributed by atoms with Crippen molar-refractivity contribution < 1.29 is 24.5 Å². The van der Waals surface area contributed by atoms with Crippen molar-refractivity contribution in [3.05, 3.63) is 107 Å². The van der Waals surface area contributed by atoms with Crippen molar-refractivity contribution in [2.24, 2.45) is 0 Å². The first-order valence-corrected chi connectivity index (χ1v) is 10.3. The number of aromatic nitrogens is 1. The normalized spacial score (nSPS) is 11.5. The van der Waals surface area contributed by atoms with E-state index in [4.69, 9.17) is 16.3 Å². The molecule has 3 rings (SSSR count). The van der Waals surface area contributed by atoms with Gasteiger partial charge in [0.15, 0.2) is 5.02 Å². The van der Waals surface area contributed by atoms with Gasteiger partial charge in [0.1, 0.15) is 22.4 Å². The Balaban J connectivity index is 2.19. The molecule has 12 heteroatoms. The van der Waals surface area contributed by atoms with Crippen molar-refractivity contribution in [3.63, 3.8) is 0 Å². The fourth-order valence-electron chi connectivity index (χ4n) is 2.84. The van der Waals surface area contributed by atoms with Gasteiger partial charge in [0.05, 0.1) is 15.5 Å². The fraction of sp³-hybridized carbons (Fsp3) is 0.0476. The van der Waals surface area contributed by atoms with E-state index in [9.17, 15) is 30.1 Å². The molecule has 0 saturated heterocycles. The van der Waals surface area contributed by atoms with Crippen LogP contribution in [0.15, 0.2) is 65.3 Å². The van der Waals surface area contributed by atoms with E-state index in [1.165, 1.54) is 12.3 Å². The van der Waals surface area contributed by atoms with Crippen molar-refractivity contribution in [2.75, 3.05) is 0 Å². The number of nitro groups is 2. The minimum Gasteiger partial charge on any atom is -0.506 e. The van der Waals surface area contributed by atoms with E-state index in [-0.39, 0.29) is 16.8 Å². The first-order chi connectivity index (χ1) is 15.7. The lowest BCUT2D eigenvalue weighted by atomic mass is 10.0. The highest BCUT2D eigenvalue weighted by Gasteiger charge is 2.33. The minimum atomic E-state index is -0.998. The fourth-order valence-corrected chi connectivity index (χ4v) is 3.88. The zero-order valence-corrected chi connectivity index (χ0v) is 18.8. The predicted molar refractivity (Wildman–Crippen MR) is 122 cm³/mol. The molecule has 0 aliphatic carbocycles. The lowest BCUT2D eigenvalue weighted by molar-refractivity contribution is -0.394. The molecule has 10 nitrogen and oxygen atoms in total. The molecule has 0 aliphatic rings. The van der Waals surface area contributed by atoms with Crippen LogP contribution in [-0.4, -0.2) is 25.9 Å². The minimum absolute atomic E-state index is 0.0137. The summed E-state index contributed by atoms with van der Waals surface area (Å²) in [6.45, 7) is -0.134. The number of aliphatic hydroxyl groups excluding tert-OH is 1. The number of pyridine rings is 1. The maximum Gasteiger partial charge on any atom is 0.344 e. The number of ether oxygens (including phenoxy) is 1. The Bertz CT molecular complexity index is 1270. The molecule has 0 spiro atoms. The van der Waals surface area contributed by atoms with Gasteiger partial charge in [-0.25, -0.2) is 4.79 Å². The second-order valence-electron chi connectivity index (χ2n) is 6.43. The number of benzene rings is 2. The monoisotopic (exact) mass is 533 g/mol. The smallest absolute Gasteiger partial charge is 0.344 e. The third-order valence-electron chi connectivity index (χ3n) is 4.37. The zero-order valence-electron chi connectivity index (χ0n) is 16.5. The third kappa shape index (κ3) is 5.16. The molecule has 0 radical (unpaired) electrons. The molecular formula is C21H13BrClN3O7. The van der Waals surface area contributed by atoms with Crippen molar-refractivity contribution >= 4 is 56.2 Å². The van der Waals surface area contributed by atoms with Crippen LogP contribution >= 0.6 is 27.5 Å². The number of rotatable bonds is 7. The SMILES string of the molecule is O=C(OCc1ccccc1)/C(=C(/O)c1cc([N+](=O)[O-])c(Cl)c([N+](=O)[O-])c1Br)c1ccccn1. The zero-order chi connectivity index (χ0) is 24.1. The van der Waals surface area contributed by atoms with E-state index < -0.39 is 49.1 Å². The molecule has 0 amide bonds. The summed E-state index contributed by atoms with van der Waals surface area (Å²) in [7, 11) is 0. The lowest BCUT2D eigenvalue weighted by Gasteiger charge is -2.13. The van der Waals surface area contributed by atoms with Crippen molar-refractivity contribution in [2.45, 2.75) is 6.61 Å². The Kier molecular flexibility index (Phi) is 7.36. The Morgan fingerprint density at radius 3 is 2.33 bits per heavy atom. The molecule has 1 aromatic heterocycles. The number of nitro benzene ring substituents is 2. The average Bonchev–Trinajstić information content (AvgIpc) is 2.79. The van der Waals surface area contributed by atoms with E-state index in [0.717, 1.165) is 6.07 Å². The van der Waals surface area contributed by atoms with Gasteiger partial charge in [-0.15, -0.1) is 0 Å². The molecule has 1 N–H and O–H groups in total. The highest BCUT2D eigenvalue weighted by Crippen LogP contribution is 2.44. The van der Waals surface area contributed by atoms with Crippen LogP contribution in [0.2, 0.25) is 5.02 Å². The van der Waals surface area contributed by atoms with Crippen LogP contribution < -0.4 is 0 Å². The van der Waals surface area contributed by atoms with E-state index in [2.05, 4.69) is 20.9 Å². The van der Waals surface area contributed by atoms with Gasteiger partial charge in [0.25, 0.3) is 5.69 Å². The molecular weight excluding hydrogens is 522 g/mol.